The van der Waals surface area contributed by atoms with E-state index in [2.05, 4.69) is 16.6 Å². The minimum Gasteiger partial charge on any atom is -0.469 e. The van der Waals surface area contributed by atoms with E-state index in [1.807, 2.05) is 0 Å². The van der Waals surface area contributed by atoms with Gasteiger partial charge in [0.1, 0.15) is 0 Å². The van der Waals surface area contributed by atoms with Crippen LogP contribution >= 0.6 is 0 Å². The summed E-state index contributed by atoms with van der Waals surface area (Å²) in [6.07, 6.45) is 4.22. The number of hydrogen-bond acceptors (Lipinski definition) is 3. The highest BCUT2D eigenvalue weighted by Gasteiger charge is 2.23. The third-order valence-electron chi connectivity index (χ3n) is 2.79. The second-order valence-corrected chi connectivity index (χ2v) is 3.56. The Bertz CT molecular complexity index is 170. The Hall–Kier alpha value is -0.570. The van der Waals surface area contributed by atoms with Crippen LogP contribution in [0.15, 0.2) is 0 Å². The third-order valence-corrected chi connectivity index (χ3v) is 2.79. The highest BCUT2D eigenvalue weighted by Crippen LogP contribution is 2.19. The number of esters is 1. The average molecular weight is 185 g/mol. The minimum atomic E-state index is -0.0784. The van der Waals surface area contributed by atoms with Gasteiger partial charge in [-0.2, -0.15) is 0 Å². The number of rotatable bonds is 3. The van der Waals surface area contributed by atoms with Gasteiger partial charge >= 0.3 is 5.97 Å². The third kappa shape index (κ3) is 2.99. The zero-order valence-corrected chi connectivity index (χ0v) is 8.58. The van der Waals surface area contributed by atoms with Crippen LogP contribution in [-0.2, 0) is 9.53 Å². The summed E-state index contributed by atoms with van der Waals surface area (Å²) in [5, 5.41) is 0. The molecule has 3 heteroatoms. The number of carbonyl (C=O) groups is 1. The summed E-state index contributed by atoms with van der Waals surface area (Å²) in [5.74, 6) is -0.0784. The fourth-order valence-electron chi connectivity index (χ4n) is 1.98. The normalized spacial score (nSPS) is 24.3. The van der Waals surface area contributed by atoms with E-state index in [4.69, 9.17) is 0 Å². The van der Waals surface area contributed by atoms with Gasteiger partial charge in [-0.1, -0.05) is 13.3 Å². The summed E-state index contributed by atoms with van der Waals surface area (Å²) in [6, 6.07) is 0.422. The molecular formula is C10H19NO2. The van der Waals surface area contributed by atoms with Gasteiger partial charge in [0.25, 0.3) is 0 Å². The monoisotopic (exact) mass is 185 g/mol. The van der Waals surface area contributed by atoms with Crippen molar-refractivity contribution in [3.05, 3.63) is 0 Å². The molecule has 0 saturated carbocycles. The molecule has 0 radical (unpaired) electrons. The SMILES string of the molecule is CCN1CCCCC1CC(=O)OC. The number of carbonyl (C=O) groups excluding carboxylic acids is 1. The van der Waals surface area contributed by atoms with Crippen LogP contribution in [0.5, 0.6) is 0 Å². The fourth-order valence-corrected chi connectivity index (χ4v) is 1.98. The van der Waals surface area contributed by atoms with Crippen molar-refractivity contribution < 1.29 is 9.53 Å². The Labute approximate surface area is 80.1 Å². The van der Waals surface area contributed by atoms with E-state index in [0.29, 0.717) is 12.5 Å². The maximum atomic E-state index is 11.1. The zero-order chi connectivity index (χ0) is 9.68. The molecular weight excluding hydrogens is 166 g/mol. The number of likely N-dealkylation sites (tertiary alicyclic amines) is 1. The summed E-state index contributed by atoms with van der Waals surface area (Å²) >= 11 is 0. The summed E-state index contributed by atoms with van der Waals surface area (Å²) in [4.78, 5) is 13.5. The van der Waals surface area contributed by atoms with Crippen molar-refractivity contribution in [1.29, 1.82) is 0 Å². The van der Waals surface area contributed by atoms with Gasteiger partial charge in [-0.3, -0.25) is 4.79 Å². The zero-order valence-electron chi connectivity index (χ0n) is 8.58. The van der Waals surface area contributed by atoms with E-state index in [0.717, 1.165) is 19.5 Å². The summed E-state index contributed by atoms with van der Waals surface area (Å²) in [7, 11) is 1.46. The first-order valence-electron chi connectivity index (χ1n) is 5.08. The Balaban J connectivity index is 2.40. The Kier molecular flexibility index (Phi) is 4.22. The number of ether oxygens (including phenoxy) is 1. The number of nitrogens with zero attached hydrogens (tertiary/aromatic N) is 1. The van der Waals surface area contributed by atoms with Gasteiger partial charge in [0.15, 0.2) is 0 Å². The topological polar surface area (TPSA) is 29.5 Å². The van der Waals surface area contributed by atoms with Gasteiger partial charge < -0.3 is 9.64 Å². The van der Waals surface area contributed by atoms with Crippen LogP contribution in [-0.4, -0.2) is 37.1 Å². The van der Waals surface area contributed by atoms with Crippen LogP contribution < -0.4 is 0 Å². The van der Waals surface area contributed by atoms with E-state index in [1.165, 1.54) is 20.0 Å². The molecule has 1 aliphatic heterocycles. The number of piperidine rings is 1. The van der Waals surface area contributed by atoms with E-state index in [-0.39, 0.29) is 5.97 Å². The molecule has 0 aliphatic carbocycles. The molecule has 1 atom stereocenters. The molecule has 76 valence electrons. The first-order valence-corrected chi connectivity index (χ1v) is 5.08. The quantitative estimate of drug-likeness (QED) is 0.623. The molecule has 1 unspecified atom stereocenters. The number of methoxy groups -OCH3 is 1. The van der Waals surface area contributed by atoms with Crippen molar-refractivity contribution in [3.63, 3.8) is 0 Å². The Morgan fingerprint density at radius 2 is 2.31 bits per heavy atom. The van der Waals surface area contributed by atoms with Crippen molar-refractivity contribution in [3.8, 4) is 0 Å². The van der Waals surface area contributed by atoms with Gasteiger partial charge in [-0.15, -0.1) is 0 Å². The standard InChI is InChI=1S/C10H19NO2/c1-3-11-7-5-4-6-9(11)8-10(12)13-2/h9H,3-8H2,1-2H3. The predicted octanol–water partition coefficient (Wildman–Crippen LogP) is 1.42. The molecule has 0 N–H and O–H groups in total. The van der Waals surface area contributed by atoms with Gasteiger partial charge in [0.2, 0.25) is 0 Å². The second-order valence-electron chi connectivity index (χ2n) is 3.56. The lowest BCUT2D eigenvalue weighted by molar-refractivity contribution is -0.142. The second kappa shape index (κ2) is 5.22. The van der Waals surface area contributed by atoms with Crippen LogP contribution in [0.3, 0.4) is 0 Å². The van der Waals surface area contributed by atoms with Crippen molar-refractivity contribution >= 4 is 5.97 Å². The maximum Gasteiger partial charge on any atom is 0.307 e. The van der Waals surface area contributed by atoms with Crippen LogP contribution in [0.1, 0.15) is 32.6 Å². The Morgan fingerprint density at radius 1 is 1.54 bits per heavy atom. The van der Waals surface area contributed by atoms with Gasteiger partial charge in [-0.25, -0.2) is 0 Å². The summed E-state index contributed by atoms with van der Waals surface area (Å²) in [6.45, 7) is 4.33. The van der Waals surface area contributed by atoms with Crippen molar-refractivity contribution in [1.82, 2.24) is 4.90 Å². The maximum absolute atomic E-state index is 11.1. The molecule has 0 bridgehead atoms. The molecule has 3 nitrogen and oxygen atoms in total. The summed E-state index contributed by atoms with van der Waals surface area (Å²) in [5.41, 5.74) is 0. The lowest BCUT2D eigenvalue weighted by Gasteiger charge is -2.34. The first kappa shape index (κ1) is 10.5. The van der Waals surface area contributed by atoms with E-state index >= 15 is 0 Å². The molecule has 0 aromatic rings. The van der Waals surface area contributed by atoms with Crippen molar-refractivity contribution in [2.45, 2.75) is 38.6 Å². The molecule has 0 aromatic heterocycles. The van der Waals surface area contributed by atoms with Crippen molar-refractivity contribution in [2.24, 2.45) is 0 Å². The molecule has 1 aliphatic rings. The highest BCUT2D eigenvalue weighted by molar-refractivity contribution is 5.69. The van der Waals surface area contributed by atoms with E-state index < -0.39 is 0 Å². The Morgan fingerprint density at radius 3 is 2.92 bits per heavy atom. The molecule has 1 saturated heterocycles. The molecule has 13 heavy (non-hydrogen) atoms. The van der Waals surface area contributed by atoms with Crippen LogP contribution in [0.4, 0.5) is 0 Å². The van der Waals surface area contributed by atoms with Gasteiger partial charge in [-0.05, 0) is 25.9 Å². The predicted molar refractivity (Wildman–Crippen MR) is 51.5 cm³/mol. The van der Waals surface area contributed by atoms with Crippen molar-refractivity contribution in [2.75, 3.05) is 20.2 Å². The molecule has 0 aromatic carbocycles. The summed E-state index contributed by atoms with van der Waals surface area (Å²) < 4.78 is 4.68. The lowest BCUT2D eigenvalue weighted by Crippen LogP contribution is -2.40. The minimum absolute atomic E-state index is 0.0784. The van der Waals surface area contributed by atoms with Crippen LogP contribution in [0.2, 0.25) is 0 Å². The lowest BCUT2D eigenvalue weighted by atomic mass is 9.99. The highest BCUT2D eigenvalue weighted by atomic mass is 16.5. The van der Waals surface area contributed by atoms with E-state index in [1.54, 1.807) is 0 Å². The number of hydrogen-bond donors (Lipinski definition) is 0. The molecule has 0 amide bonds. The van der Waals surface area contributed by atoms with Crippen LogP contribution in [0, 0.1) is 0 Å². The molecule has 1 rings (SSSR count). The molecule has 1 fully saturated rings. The smallest absolute Gasteiger partial charge is 0.307 e. The molecule has 0 spiro atoms. The van der Waals surface area contributed by atoms with Crippen LogP contribution in [0.25, 0.3) is 0 Å². The molecule has 1 heterocycles. The first-order chi connectivity index (χ1) is 6.27. The van der Waals surface area contributed by atoms with Gasteiger partial charge in [0, 0.05) is 6.04 Å². The largest absolute Gasteiger partial charge is 0.469 e. The van der Waals surface area contributed by atoms with E-state index in [9.17, 15) is 4.79 Å². The average Bonchev–Trinajstić information content (AvgIpc) is 2.18. The fraction of sp³-hybridized carbons (Fsp3) is 0.900. The van der Waals surface area contributed by atoms with Gasteiger partial charge in [0.05, 0.1) is 13.5 Å².